The Morgan fingerprint density at radius 3 is 2.65 bits per heavy atom. The van der Waals surface area contributed by atoms with Gasteiger partial charge in [-0.2, -0.15) is 0 Å². The summed E-state index contributed by atoms with van der Waals surface area (Å²) in [5.41, 5.74) is 0.709. The Labute approximate surface area is 213 Å². The lowest BCUT2D eigenvalue weighted by atomic mass is 10.1. The summed E-state index contributed by atoms with van der Waals surface area (Å²) in [4.78, 5) is 39.5. The molecule has 1 aromatic heterocycles. The van der Waals surface area contributed by atoms with E-state index in [2.05, 4.69) is 10.1 Å². The van der Waals surface area contributed by atoms with Crippen LogP contribution in [0.4, 0.5) is 17.6 Å². The average molecular weight is 540 g/mol. The highest BCUT2D eigenvalue weighted by Crippen LogP contribution is 2.30. The van der Waals surface area contributed by atoms with E-state index in [1.807, 2.05) is 0 Å². The molecule has 0 unspecified atom stereocenters. The van der Waals surface area contributed by atoms with E-state index >= 15 is 0 Å². The molecule has 0 spiro atoms. The Morgan fingerprint density at radius 1 is 1.19 bits per heavy atom. The maximum absolute atomic E-state index is 14.1. The number of likely N-dealkylation sites (tertiary alicyclic amines) is 1. The summed E-state index contributed by atoms with van der Waals surface area (Å²) < 4.78 is 57.5. The van der Waals surface area contributed by atoms with Crippen LogP contribution in [0, 0.1) is 5.82 Å². The smallest absolute Gasteiger partial charge is 0.406 e. The molecule has 1 aliphatic heterocycles. The molecule has 1 aliphatic rings. The van der Waals surface area contributed by atoms with Crippen molar-refractivity contribution in [2.24, 2.45) is 0 Å². The molecule has 2 heterocycles. The second kappa shape index (κ2) is 10.4. The van der Waals surface area contributed by atoms with Crippen molar-refractivity contribution in [1.82, 2.24) is 14.8 Å². The van der Waals surface area contributed by atoms with Crippen molar-refractivity contribution in [3.05, 3.63) is 64.6 Å². The maximum Gasteiger partial charge on any atom is 0.573 e. The van der Waals surface area contributed by atoms with Gasteiger partial charge in [-0.1, -0.05) is 23.7 Å². The lowest BCUT2D eigenvalue weighted by Crippen LogP contribution is -2.46. The molecular formula is C25H22ClF4N3O4. The Hall–Kier alpha value is -3.60. The zero-order chi connectivity index (χ0) is 26.9. The Kier molecular flexibility index (Phi) is 7.44. The van der Waals surface area contributed by atoms with Gasteiger partial charge in [0.2, 0.25) is 11.8 Å². The van der Waals surface area contributed by atoms with Gasteiger partial charge in [-0.25, -0.2) is 4.39 Å². The second-order valence-electron chi connectivity index (χ2n) is 8.63. The number of fused-ring (bicyclic) bond motifs is 1. The quantitative estimate of drug-likeness (QED) is 0.344. The SMILES string of the molecule is CC(=O)c1cn(CC(=O)N2CCC[C@H]2C(=O)NCc2cccc(Cl)c2F)c2ccc(OC(F)(F)F)cc12. The van der Waals surface area contributed by atoms with Crippen LogP contribution in [0.2, 0.25) is 5.02 Å². The number of halogens is 5. The van der Waals surface area contributed by atoms with Gasteiger partial charge in [-0.15, -0.1) is 13.2 Å². The number of nitrogens with zero attached hydrogens (tertiary/aromatic N) is 2. The van der Waals surface area contributed by atoms with Crippen molar-refractivity contribution < 1.29 is 36.7 Å². The van der Waals surface area contributed by atoms with Crippen LogP contribution in [0.25, 0.3) is 10.9 Å². The van der Waals surface area contributed by atoms with Gasteiger partial charge in [0.1, 0.15) is 24.2 Å². The Bertz CT molecular complexity index is 1370. The molecule has 37 heavy (non-hydrogen) atoms. The summed E-state index contributed by atoms with van der Waals surface area (Å²) >= 11 is 5.78. The van der Waals surface area contributed by atoms with E-state index in [9.17, 15) is 31.9 Å². The van der Waals surface area contributed by atoms with Crippen LogP contribution in [-0.2, 0) is 22.7 Å². The van der Waals surface area contributed by atoms with Crippen LogP contribution in [0.1, 0.15) is 35.7 Å². The first-order valence-electron chi connectivity index (χ1n) is 11.3. The largest absolute Gasteiger partial charge is 0.573 e. The van der Waals surface area contributed by atoms with E-state index in [0.29, 0.717) is 24.9 Å². The number of benzene rings is 2. The van der Waals surface area contributed by atoms with Crippen molar-refractivity contribution >= 4 is 40.1 Å². The molecular weight excluding hydrogens is 518 g/mol. The lowest BCUT2D eigenvalue weighted by Gasteiger charge is -2.24. The number of carbonyl (C=O) groups excluding carboxylic acids is 3. The summed E-state index contributed by atoms with van der Waals surface area (Å²) in [5.74, 6) is -2.37. The van der Waals surface area contributed by atoms with Crippen LogP contribution in [0.3, 0.4) is 0 Å². The van der Waals surface area contributed by atoms with Crippen molar-refractivity contribution in [3.63, 3.8) is 0 Å². The summed E-state index contributed by atoms with van der Waals surface area (Å²) in [5, 5.41) is 2.79. The lowest BCUT2D eigenvalue weighted by molar-refractivity contribution is -0.274. The Morgan fingerprint density at radius 2 is 1.95 bits per heavy atom. The van der Waals surface area contributed by atoms with E-state index in [-0.39, 0.29) is 34.6 Å². The third kappa shape index (κ3) is 5.87. The number of rotatable bonds is 7. The molecule has 2 aromatic carbocycles. The number of hydrogen-bond donors (Lipinski definition) is 1. The molecule has 0 saturated carbocycles. The highest BCUT2D eigenvalue weighted by Gasteiger charge is 2.34. The molecule has 196 valence electrons. The molecule has 12 heteroatoms. The van der Waals surface area contributed by atoms with E-state index in [4.69, 9.17) is 11.6 Å². The maximum atomic E-state index is 14.1. The van der Waals surface area contributed by atoms with Gasteiger partial charge in [0.15, 0.2) is 5.78 Å². The molecule has 7 nitrogen and oxygen atoms in total. The highest BCUT2D eigenvalue weighted by atomic mass is 35.5. The minimum atomic E-state index is -4.90. The predicted molar refractivity (Wildman–Crippen MR) is 127 cm³/mol. The molecule has 1 atom stereocenters. The third-order valence-corrected chi connectivity index (χ3v) is 6.42. The fraction of sp³-hybridized carbons (Fsp3) is 0.320. The number of nitrogens with one attached hydrogen (secondary N) is 1. The topological polar surface area (TPSA) is 80.6 Å². The predicted octanol–water partition coefficient (Wildman–Crippen LogP) is 4.84. The fourth-order valence-corrected chi connectivity index (χ4v) is 4.64. The molecule has 3 aromatic rings. The van der Waals surface area contributed by atoms with Gasteiger partial charge in [0, 0.05) is 41.3 Å². The van der Waals surface area contributed by atoms with Gasteiger partial charge in [0.05, 0.1) is 5.02 Å². The summed E-state index contributed by atoms with van der Waals surface area (Å²) in [6.45, 7) is 1.25. The van der Waals surface area contributed by atoms with Crippen molar-refractivity contribution in [3.8, 4) is 5.75 Å². The first-order chi connectivity index (χ1) is 17.4. The minimum absolute atomic E-state index is 0.0645. The zero-order valence-electron chi connectivity index (χ0n) is 19.6. The van der Waals surface area contributed by atoms with Gasteiger partial charge in [0.25, 0.3) is 0 Å². The van der Waals surface area contributed by atoms with Crippen molar-refractivity contribution in [2.45, 2.75) is 45.3 Å². The number of amides is 2. The molecule has 0 bridgehead atoms. The van der Waals surface area contributed by atoms with Crippen LogP contribution >= 0.6 is 11.6 Å². The van der Waals surface area contributed by atoms with Gasteiger partial charge in [-0.3, -0.25) is 14.4 Å². The van der Waals surface area contributed by atoms with Crippen molar-refractivity contribution in [1.29, 1.82) is 0 Å². The van der Waals surface area contributed by atoms with E-state index in [1.165, 1.54) is 40.8 Å². The molecule has 1 N–H and O–H groups in total. The van der Waals surface area contributed by atoms with Gasteiger partial charge < -0.3 is 19.5 Å². The summed E-state index contributed by atoms with van der Waals surface area (Å²) in [6.07, 6.45) is -2.50. The van der Waals surface area contributed by atoms with Crippen molar-refractivity contribution in [2.75, 3.05) is 6.54 Å². The van der Waals surface area contributed by atoms with Gasteiger partial charge >= 0.3 is 6.36 Å². The van der Waals surface area contributed by atoms with Crippen LogP contribution < -0.4 is 10.1 Å². The van der Waals surface area contributed by atoms with E-state index in [0.717, 1.165) is 12.1 Å². The van der Waals surface area contributed by atoms with Gasteiger partial charge in [-0.05, 0) is 44.0 Å². The number of aromatic nitrogens is 1. The minimum Gasteiger partial charge on any atom is -0.406 e. The number of carbonyl (C=O) groups is 3. The van der Waals surface area contributed by atoms with E-state index in [1.54, 1.807) is 6.07 Å². The standard InChI is InChI=1S/C25H22ClF4N3O4/c1-14(34)18-12-32(20-8-7-16(10-17(18)20)37-25(28,29)30)13-22(35)33-9-3-6-21(33)24(36)31-11-15-4-2-5-19(26)23(15)27/h2,4-5,7-8,10,12,21H,3,6,9,11,13H2,1H3,(H,31,36)/t21-/m0/s1. The second-order valence-corrected chi connectivity index (χ2v) is 9.04. The normalized spacial score (nSPS) is 15.7. The highest BCUT2D eigenvalue weighted by molar-refractivity contribution is 6.30. The number of alkyl halides is 3. The van der Waals surface area contributed by atoms with Crippen LogP contribution in [-0.4, -0.2) is 46.0 Å². The third-order valence-electron chi connectivity index (χ3n) is 6.13. The summed E-state index contributed by atoms with van der Waals surface area (Å²) in [7, 11) is 0. The van der Waals surface area contributed by atoms with Crippen LogP contribution in [0.5, 0.6) is 5.75 Å². The monoisotopic (exact) mass is 539 g/mol. The molecule has 0 aliphatic carbocycles. The fourth-order valence-electron chi connectivity index (χ4n) is 4.44. The first-order valence-corrected chi connectivity index (χ1v) is 11.7. The number of ether oxygens (including phenoxy) is 1. The van der Waals surface area contributed by atoms with E-state index < -0.39 is 41.6 Å². The first kappa shape index (κ1) is 26.5. The molecule has 0 radical (unpaired) electrons. The number of ketones is 1. The average Bonchev–Trinajstić information content (AvgIpc) is 3.44. The Balaban J connectivity index is 1.50. The number of Topliss-reactive ketones (excluding diaryl/α,β-unsaturated/α-hetero) is 1. The number of hydrogen-bond acceptors (Lipinski definition) is 4. The molecule has 2 amide bonds. The summed E-state index contributed by atoms with van der Waals surface area (Å²) in [6, 6.07) is 7.22. The molecule has 1 fully saturated rings. The molecule has 1 saturated heterocycles. The zero-order valence-corrected chi connectivity index (χ0v) is 20.3. The van der Waals surface area contributed by atoms with Crippen LogP contribution in [0.15, 0.2) is 42.6 Å². The molecule has 4 rings (SSSR count).